The summed E-state index contributed by atoms with van der Waals surface area (Å²) in [6.07, 6.45) is 9.08. The van der Waals surface area contributed by atoms with Crippen LogP contribution in [0.4, 0.5) is 0 Å². The molecule has 0 N–H and O–H groups in total. The number of hydrogen-bond acceptors (Lipinski definition) is 1. The quantitative estimate of drug-likeness (QED) is 0.534. The van der Waals surface area contributed by atoms with Gasteiger partial charge in [0.05, 0.1) is 0 Å². The molecule has 0 aromatic heterocycles. The second kappa shape index (κ2) is 7.26. The van der Waals surface area contributed by atoms with E-state index in [4.69, 9.17) is 0 Å². The normalized spacial score (nSPS) is 12.4. The number of allylic oxidation sites excluding steroid dienone is 2. The van der Waals surface area contributed by atoms with Crippen molar-refractivity contribution in [3.05, 3.63) is 24.4 Å². The maximum atomic E-state index is 3.88. The highest BCUT2D eigenvalue weighted by Crippen LogP contribution is 2.04. The van der Waals surface area contributed by atoms with E-state index in [1.54, 1.807) is 12.4 Å². The van der Waals surface area contributed by atoms with E-state index < -0.39 is 0 Å². The molecule has 0 saturated heterocycles. The first-order chi connectivity index (χ1) is 5.31. The summed E-state index contributed by atoms with van der Waals surface area (Å²) in [5, 5.41) is 0. The van der Waals surface area contributed by atoms with Gasteiger partial charge in [-0.25, -0.2) is 0 Å². The van der Waals surface area contributed by atoms with E-state index in [2.05, 4.69) is 25.4 Å². The Hall–Kier alpha value is -0.850. The van der Waals surface area contributed by atoms with Gasteiger partial charge in [0.15, 0.2) is 0 Å². The van der Waals surface area contributed by atoms with Crippen molar-refractivity contribution in [2.75, 3.05) is 0 Å². The number of nitrogens with zero attached hydrogens (tertiary/aromatic N) is 1. The van der Waals surface area contributed by atoms with Crippen molar-refractivity contribution >= 4 is 6.21 Å². The molecule has 1 nitrogen and oxygen atoms in total. The van der Waals surface area contributed by atoms with Crippen molar-refractivity contribution in [1.29, 1.82) is 0 Å². The lowest BCUT2D eigenvalue weighted by Crippen LogP contribution is -1.77. The molecule has 0 fully saturated rings. The zero-order valence-electron chi connectivity index (χ0n) is 7.51. The van der Waals surface area contributed by atoms with Crippen molar-refractivity contribution in [3.63, 3.8) is 0 Å². The predicted octanol–water partition coefficient (Wildman–Crippen LogP) is 3.34. The molecule has 0 unspecified atom stereocenters. The average Bonchev–Trinajstić information content (AvgIpc) is 2.01. The Labute approximate surface area is 69.5 Å². The van der Waals surface area contributed by atoms with E-state index in [1.807, 2.05) is 6.08 Å². The van der Waals surface area contributed by atoms with Crippen molar-refractivity contribution in [1.82, 2.24) is 0 Å². The third kappa shape index (κ3) is 7.04. The summed E-state index contributed by atoms with van der Waals surface area (Å²) in [6.45, 7) is 7.82. The molecule has 0 aliphatic heterocycles. The Morgan fingerprint density at radius 3 is 2.82 bits per heavy atom. The monoisotopic (exact) mass is 151 g/mol. The van der Waals surface area contributed by atoms with Crippen LogP contribution in [-0.4, -0.2) is 6.21 Å². The molecule has 0 bridgehead atoms. The summed E-state index contributed by atoms with van der Waals surface area (Å²) in [5.41, 5.74) is 1.39. The van der Waals surface area contributed by atoms with Crippen LogP contribution in [0, 0.1) is 0 Å². The average molecular weight is 151 g/mol. The van der Waals surface area contributed by atoms with Gasteiger partial charge in [-0.2, -0.15) is 0 Å². The highest BCUT2D eigenvalue weighted by molar-refractivity contribution is 5.72. The molecule has 0 saturated carbocycles. The lowest BCUT2D eigenvalue weighted by Gasteiger charge is -1.95. The van der Waals surface area contributed by atoms with Crippen LogP contribution in [0.1, 0.15) is 33.1 Å². The minimum absolute atomic E-state index is 1.18. The number of unbranched alkanes of at least 4 members (excludes halogenated alkanes) is 1. The van der Waals surface area contributed by atoms with Gasteiger partial charge in [0, 0.05) is 12.4 Å². The number of rotatable bonds is 5. The van der Waals surface area contributed by atoms with Crippen molar-refractivity contribution < 1.29 is 0 Å². The fraction of sp³-hybridized carbons (Fsp3) is 0.500. The van der Waals surface area contributed by atoms with Gasteiger partial charge in [0.25, 0.3) is 0 Å². The molecule has 0 atom stereocenters. The van der Waals surface area contributed by atoms with E-state index in [1.165, 1.54) is 24.8 Å². The van der Waals surface area contributed by atoms with Crippen LogP contribution in [0.5, 0.6) is 0 Å². The van der Waals surface area contributed by atoms with Crippen LogP contribution in [0.2, 0.25) is 0 Å². The first-order valence-electron chi connectivity index (χ1n) is 4.11. The lowest BCUT2D eigenvalue weighted by atomic mass is 10.1. The minimum Gasteiger partial charge on any atom is -0.265 e. The van der Waals surface area contributed by atoms with E-state index in [0.717, 1.165) is 0 Å². The Morgan fingerprint density at radius 2 is 2.27 bits per heavy atom. The molecule has 0 aliphatic rings. The van der Waals surface area contributed by atoms with Crippen LogP contribution in [0.15, 0.2) is 29.4 Å². The van der Waals surface area contributed by atoms with Gasteiger partial charge < -0.3 is 0 Å². The molecule has 0 heterocycles. The van der Waals surface area contributed by atoms with E-state index in [9.17, 15) is 0 Å². The molecular weight excluding hydrogens is 134 g/mol. The SMILES string of the molecule is C=C/N=C\C=C(\C)CCCC. The minimum atomic E-state index is 1.18. The molecule has 0 spiro atoms. The lowest BCUT2D eigenvalue weighted by molar-refractivity contribution is 0.788. The Kier molecular flexibility index (Phi) is 6.70. The summed E-state index contributed by atoms with van der Waals surface area (Å²) < 4.78 is 0. The maximum absolute atomic E-state index is 3.88. The van der Waals surface area contributed by atoms with Crippen LogP contribution >= 0.6 is 0 Å². The summed E-state index contributed by atoms with van der Waals surface area (Å²) in [6, 6.07) is 0. The molecule has 11 heavy (non-hydrogen) atoms. The Morgan fingerprint density at radius 1 is 1.55 bits per heavy atom. The number of aliphatic imine (C=N–C) groups is 1. The van der Waals surface area contributed by atoms with Gasteiger partial charge in [-0.3, -0.25) is 4.99 Å². The summed E-state index contributed by atoms with van der Waals surface area (Å²) in [4.78, 5) is 3.88. The van der Waals surface area contributed by atoms with E-state index in [0.29, 0.717) is 0 Å². The highest BCUT2D eigenvalue weighted by atomic mass is 14.6. The zero-order valence-corrected chi connectivity index (χ0v) is 7.51. The fourth-order valence-electron chi connectivity index (χ4n) is 0.770. The second-order valence-corrected chi connectivity index (χ2v) is 2.60. The molecule has 0 amide bonds. The molecule has 0 aromatic carbocycles. The topological polar surface area (TPSA) is 12.4 Å². The molecule has 62 valence electrons. The zero-order chi connectivity index (χ0) is 8.53. The molecule has 0 aromatic rings. The summed E-state index contributed by atoms with van der Waals surface area (Å²) >= 11 is 0. The predicted molar refractivity (Wildman–Crippen MR) is 52.0 cm³/mol. The van der Waals surface area contributed by atoms with Gasteiger partial charge in [-0.05, 0) is 25.8 Å². The smallest absolute Gasteiger partial charge is 0.0266 e. The third-order valence-electron chi connectivity index (χ3n) is 1.48. The first kappa shape index (κ1) is 10.2. The van der Waals surface area contributed by atoms with Gasteiger partial charge in [-0.15, -0.1) is 0 Å². The second-order valence-electron chi connectivity index (χ2n) is 2.60. The van der Waals surface area contributed by atoms with Crippen molar-refractivity contribution in [2.45, 2.75) is 33.1 Å². The fourth-order valence-corrected chi connectivity index (χ4v) is 0.770. The summed E-state index contributed by atoms with van der Waals surface area (Å²) in [7, 11) is 0. The maximum Gasteiger partial charge on any atom is 0.0266 e. The summed E-state index contributed by atoms with van der Waals surface area (Å²) in [5.74, 6) is 0. The van der Waals surface area contributed by atoms with Crippen LogP contribution in [-0.2, 0) is 0 Å². The van der Waals surface area contributed by atoms with E-state index >= 15 is 0 Å². The Bertz CT molecular complexity index is 154. The molecular formula is C10H17N. The van der Waals surface area contributed by atoms with Crippen LogP contribution in [0.3, 0.4) is 0 Å². The largest absolute Gasteiger partial charge is 0.265 e. The van der Waals surface area contributed by atoms with Gasteiger partial charge in [0.1, 0.15) is 0 Å². The molecule has 0 radical (unpaired) electrons. The molecule has 1 heteroatoms. The highest BCUT2D eigenvalue weighted by Gasteiger charge is 1.85. The Balaban J connectivity index is 3.61. The first-order valence-corrected chi connectivity index (χ1v) is 4.11. The third-order valence-corrected chi connectivity index (χ3v) is 1.48. The van der Waals surface area contributed by atoms with Gasteiger partial charge in [0.2, 0.25) is 0 Å². The van der Waals surface area contributed by atoms with Crippen LogP contribution in [0.25, 0.3) is 0 Å². The van der Waals surface area contributed by atoms with Crippen molar-refractivity contribution in [2.24, 2.45) is 4.99 Å². The molecule has 0 aliphatic carbocycles. The van der Waals surface area contributed by atoms with Gasteiger partial charge >= 0.3 is 0 Å². The van der Waals surface area contributed by atoms with E-state index in [-0.39, 0.29) is 0 Å². The van der Waals surface area contributed by atoms with Gasteiger partial charge in [-0.1, -0.05) is 25.5 Å². The molecule has 0 rings (SSSR count). The number of hydrogen-bond donors (Lipinski definition) is 0. The van der Waals surface area contributed by atoms with Crippen LogP contribution < -0.4 is 0 Å². The van der Waals surface area contributed by atoms with Crippen molar-refractivity contribution in [3.8, 4) is 0 Å². The standard InChI is InChI=1S/C10H17N/c1-4-6-7-10(3)8-9-11-5-2/h5,8-9H,2,4,6-7H2,1,3H3/b10-8-,11-9-.